The third kappa shape index (κ3) is 2.64. The van der Waals surface area contributed by atoms with Gasteiger partial charge in [-0.15, -0.1) is 0 Å². The zero-order valence-electron chi connectivity index (χ0n) is 11.4. The first kappa shape index (κ1) is 15.1. The summed E-state index contributed by atoms with van der Waals surface area (Å²) in [5.74, 6) is -0.426. The van der Waals surface area contributed by atoms with Gasteiger partial charge in [-0.25, -0.2) is 0 Å². The number of fused-ring (bicyclic) bond motifs is 2. The summed E-state index contributed by atoms with van der Waals surface area (Å²) in [4.78, 5) is 11.7. The van der Waals surface area contributed by atoms with Crippen LogP contribution < -0.4 is 4.46 Å². The van der Waals surface area contributed by atoms with Gasteiger partial charge in [-0.1, -0.05) is 0 Å². The molecule has 1 aromatic carbocycles. The number of alkyl halides is 1. The zero-order valence-corrected chi connectivity index (χ0v) is 14.7. The van der Waals surface area contributed by atoms with E-state index in [1.165, 1.54) is 11.4 Å². The Bertz CT molecular complexity index is 590. The predicted molar refractivity (Wildman–Crippen MR) is 81.7 cm³/mol. The van der Waals surface area contributed by atoms with Gasteiger partial charge in [0.05, 0.1) is 0 Å². The molecule has 2 aliphatic rings. The Morgan fingerprint density at radius 3 is 2.81 bits per heavy atom. The van der Waals surface area contributed by atoms with Crippen molar-refractivity contribution in [2.75, 3.05) is 0 Å². The molecule has 0 aromatic heterocycles. The van der Waals surface area contributed by atoms with Gasteiger partial charge in [0, 0.05) is 0 Å². The molecule has 0 N–H and O–H groups in total. The van der Waals surface area contributed by atoms with Crippen molar-refractivity contribution in [3.63, 3.8) is 0 Å². The average molecular weight is 415 g/mol. The average Bonchev–Trinajstić information content (AvgIpc) is 2.97. The topological polar surface area (TPSA) is 59.3 Å². The van der Waals surface area contributed by atoms with E-state index < -0.39 is 11.6 Å². The monoisotopic (exact) mass is 415 g/mol. The number of rotatable bonds is 3. The Balaban J connectivity index is 1.85. The maximum atomic E-state index is 11.4. The molecule has 5 atom stereocenters. The van der Waals surface area contributed by atoms with Crippen molar-refractivity contribution in [1.82, 2.24) is 0 Å². The molecule has 2 bridgehead atoms. The predicted octanol–water partition coefficient (Wildman–Crippen LogP) is 1.56. The number of hydrogen-bond acceptors (Lipinski definition) is 4. The van der Waals surface area contributed by atoms with Crippen LogP contribution in [0.25, 0.3) is 0 Å². The molecule has 2 aliphatic heterocycles. The van der Waals surface area contributed by atoms with Crippen LogP contribution in [0.2, 0.25) is 4.82 Å². The van der Waals surface area contributed by atoms with E-state index in [1.807, 2.05) is 18.2 Å². The summed E-state index contributed by atoms with van der Waals surface area (Å²) in [6.07, 6.45) is 0.0379. The molecule has 3 rings (SSSR count). The maximum absolute atomic E-state index is 11.4. The molecule has 2 fully saturated rings. The molecule has 0 saturated carbocycles. The second-order valence-corrected chi connectivity index (χ2v) is 8.92. The Kier molecular flexibility index (Phi) is 4.11. The molecule has 110 valence electrons. The second kappa shape index (κ2) is 5.73. The summed E-state index contributed by atoms with van der Waals surface area (Å²) in [5, 5.41) is 9.54. The molecule has 0 amide bonds. The van der Waals surface area contributed by atoms with E-state index >= 15 is 0 Å². The molecular formula is C15H14BrNO3Se. The molecule has 0 spiro atoms. The molecule has 1 aromatic rings. The van der Waals surface area contributed by atoms with Crippen molar-refractivity contribution in [3.8, 4) is 6.07 Å². The van der Waals surface area contributed by atoms with Crippen molar-refractivity contribution in [2.45, 2.75) is 40.8 Å². The van der Waals surface area contributed by atoms with Gasteiger partial charge in [-0.2, -0.15) is 0 Å². The zero-order chi connectivity index (χ0) is 15.0. The Morgan fingerprint density at radius 2 is 2.24 bits per heavy atom. The quantitative estimate of drug-likeness (QED) is 0.428. The minimum atomic E-state index is -1.12. The van der Waals surface area contributed by atoms with Crippen LogP contribution in [0.5, 0.6) is 0 Å². The number of ether oxygens (including phenoxy) is 2. The van der Waals surface area contributed by atoms with Gasteiger partial charge in [0.2, 0.25) is 0 Å². The van der Waals surface area contributed by atoms with E-state index in [2.05, 4.69) is 34.1 Å². The standard InChI is InChI=1S/C15H14BrNO3Se/c1-9(18)20-15(8-17)7-11-12(16)13(14(15)19-11)21-10-5-3-2-4-6-10/h2-6,11-14H,7H2,1H3/t11-,12+,13-,14-,15+/m0/s1. The Labute approximate surface area is 138 Å². The van der Waals surface area contributed by atoms with Gasteiger partial charge in [0.25, 0.3) is 0 Å². The van der Waals surface area contributed by atoms with Gasteiger partial charge in [-0.05, 0) is 0 Å². The summed E-state index contributed by atoms with van der Waals surface area (Å²) in [6.45, 7) is 1.34. The summed E-state index contributed by atoms with van der Waals surface area (Å²) in [7, 11) is 0. The van der Waals surface area contributed by atoms with E-state index in [1.54, 1.807) is 0 Å². The van der Waals surface area contributed by atoms with Gasteiger partial charge in [-0.3, -0.25) is 0 Å². The number of carbonyl (C=O) groups is 1. The van der Waals surface area contributed by atoms with E-state index in [9.17, 15) is 10.1 Å². The summed E-state index contributed by atoms with van der Waals surface area (Å²) >= 11 is 3.86. The van der Waals surface area contributed by atoms with Crippen LogP contribution in [-0.2, 0) is 14.3 Å². The first-order valence-electron chi connectivity index (χ1n) is 6.68. The fourth-order valence-corrected chi connectivity index (χ4v) is 6.91. The van der Waals surface area contributed by atoms with Crippen LogP contribution in [-0.4, -0.2) is 43.6 Å². The normalized spacial score (nSPS) is 37.2. The van der Waals surface area contributed by atoms with Crippen LogP contribution in [0.4, 0.5) is 0 Å². The fraction of sp³-hybridized carbons (Fsp3) is 0.467. The number of benzene rings is 1. The number of esters is 1. The molecule has 0 radical (unpaired) electrons. The van der Waals surface area contributed by atoms with Crippen LogP contribution in [0.15, 0.2) is 30.3 Å². The number of halogens is 1. The van der Waals surface area contributed by atoms with Crippen molar-refractivity contribution in [1.29, 1.82) is 5.26 Å². The Morgan fingerprint density at radius 1 is 1.52 bits per heavy atom. The van der Waals surface area contributed by atoms with E-state index in [4.69, 9.17) is 9.47 Å². The van der Waals surface area contributed by atoms with Crippen LogP contribution in [0.3, 0.4) is 0 Å². The summed E-state index contributed by atoms with van der Waals surface area (Å²) in [6, 6.07) is 12.4. The molecule has 21 heavy (non-hydrogen) atoms. The third-order valence-electron chi connectivity index (χ3n) is 3.78. The fourth-order valence-electron chi connectivity index (χ4n) is 2.94. The summed E-state index contributed by atoms with van der Waals surface area (Å²) in [5.41, 5.74) is -1.12. The first-order chi connectivity index (χ1) is 10.1. The van der Waals surface area contributed by atoms with Gasteiger partial charge >= 0.3 is 138 Å². The van der Waals surface area contributed by atoms with Crippen LogP contribution in [0, 0.1) is 11.3 Å². The van der Waals surface area contributed by atoms with Gasteiger partial charge in [0.1, 0.15) is 0 Å². The number of hydrogen-bond donors (Lipinski definition) is 0. The SMILES string of the molecule is CC(=O)O[C@@]1(C#N)C[C@@H]2O[C@H]1[C@@H]([Se]c1ccccc1)[C@@H]2Br. The second-order valence-electron chi connectivity index (χ2n) is 5.23. The van der Waals surface area contributed by atoms with Crippen molar-refractivity contribution >= 4 is 41.3 Å². The molecule has 2 heterocycles. The molecule has 0 aliphatic carbocycles. The van der Waals surface area contributed by atoms with E-state index in [0.717, 1.165) is 0 Å². The third-order valence-corrected chi connectivity index (χ3v) is 8.58. The molecule has 0 unspecified atom stereocenters. The Hall–Kier alpha value is -0.861. The molecule has 4 nitrogen and oxygen atoms in total. The van der Waals surface area contributed by atoms with E-state index in [-0.39, 0.29) is 36.8 Å². The number of nitrogens with zero attached hydrogens (tertiary/aromatic N) is 1. The van der Waals surface area contributed by atoms with Gasteiger partial charge < -0.3 is 0 Å². The molecule has 6 heteroatoms. The van der Waals surface area contributed by atoms with Gasteiger partial charge in [0.15, 0.2) is 0 Å². The first-order valence-corrected chi connectivity index (χ1v) is 9.44. The van der Waals surface area contributed by atoms with E-state index in [0.29, 0.717) is 6.42 Å². The minimum absolute atomic E-state index is 0.0652. The molecular weight excluding hydrogens is 401 g/mol. The van der Waals surface area contributed by atoms with Crippen molar-refractivity contribution in [2.24, 2.45) is 0 Å². The number of carbonyl (C=O) groups excluding carboxylic acids is 1. The number of nitriles is 1. The summed E-state index contributed by atoms with van der Waals surface area (Å²) < 4.78 is 12.6. The van der Waals surface area contributed by atoms with Crippen LogP contribution in [0.1, 0.15) is 13.3 Å². The van der Waals surface area contributed by atoms with Crippen LogP contribution >= 0.6 is 15.9 Å². The van der Waals surface area contributed by atoms with Crippen molar-refractivity contribution < 1.29 is 14.3 Å². The molecule has 2 saturated heterocycles. The van der Waals surface area contributed by atoms with Crippen molar-refractivity contribution in [3.05, 3.63) is 30.3 Å².